The zero-order chi connectivity index (χ0) is 16.6. The molecular formula is C18H19FN2O3. The molecule has 2 aliphatic heterocycles. The predicted octanol–water partition coefficient (Wildman–Crippen LogP) is 2.80. The molecule has 4 rings (SSSR count). The van der Waals surface area contributed by atoms with Crippen LogP contribution in [0.2, 0.25) is 0 Å². The number of aromatic nitrogens is 1. The lowest BCUT2D eigenvalue weighted by Gasteiger charge is -2.37. The summed E-state index contributed by atoms with van der Waals surface area (Å²) < 4.78 is 24.4. The van der Waals surface area contributed by atoms with Crippen LogP contribution in [0.4, 0.5) is 4.39 Å². The molecule has 1 amide bonds. The normalized spacial score (nSPS) is 19.8. The second-order valence-corrected chi connectivity index (χ2v) is 6.21. The summed E-state index contributed by atoms with van der Waals surface area (Å²) in [5.41, 5.74) is 2.28. The number of carbonyl (C=O) groups excluding carboxylic acids is 1. The van der Waals surface area contributed by atoms with Crippen molar-refractivity contribution in [3.8, 4) is 11.1 Å². The van der Waals surface area contributed by atoms with E-state index in [1.807, 2.05) is 11.0 Å². The smallest absolute Gasteiger partial charge is 0.270 e. The molecule has 3 heterocycles. The fourth-order valence-electron chi connectivity index (χ4n) is 3.33. The van der Waals surface area contributed by atoms with Crippen molar-refractivity contribution < 1.29 is 18.7 Å². The van der Waals surface area contributed by atoms with E-state index in [2.05, 4.69) is 4.98 Å². The number of H-pyrrole nitrogens is 1. The first-order chi connectivity index (χ1) is 11.7. The summed E-state index contributed by atoms with van der Waals surface area (Å²) in [4.78, 5) is 17.5. The van der Waals surface area contributed by atoms with Crippen molar-refractivity contribution in [2.24, 2.45) is 0 Å². The molecule has 0 saturated carbocycles. The Bertz CT molecular complexity index is 725. The molecule has 2 aromatic rings. The highest BCUT2D eigenvalue weighted by Gasteiger charge is 2.41. The van der Waals surface area contributed by atoms with Crippen molar-refractivity contribution >= 4 is 5.91 Å². The number of carbonyl (C=O) groups is 1. The van der Waals surface area contributed by atoms with Crippen LogP contribution >= 0.6 is 0 Å². The molecule has 1 aromatic heterocycles. The minimum absolute atomic E-state index is 0.0313. The Labute approximate surface area is 139 Å². The first kappa shape index (κ1) is 15.4. The van der Waals surface area contributed by atoms with Gasteiger partial charge in [-0.1, -0.05) is 12.1 Å². The second kappa shape index (κ2) is 6.03. The average Bonchev–Trinajstić information content (AvgIpc) is 3.26. The van der Waals surface area contributed by atoms with Crippen LogP contribution < -0.4 is 0 Å². The first-order valence-electron chi connectivity index (χ1n) is 8.17. The quantitative estimate of drug-likeness (QED) is 0.921. The van der Waals surface area contributed by atoms with Gasteiger partial charge in [0.1, 0.15) is 11.5 Å². The van der Waals surface area contributed by atoms with Gasteiger partial charge in [0.05, 0.1) is 13.2 Å². The molecule has 2 saturated heterocycles. The fourth-order valence-corrected chi connectivity index (χ4v) is 3.33. The molecular weight excluding hydrogens is 311 g/mol. The second-order valence-electron chi connectivity index (χ2n) is 6.21. The molecule has 1 aromatic carbocycles. The zero-order valence-corrected chi connectivity index (χ0v) is 13.3. The van der Waals surface area contributed by atoms with Gasteiger partial charge in [0.25, 0.3) is 5.91 Å². The summed E-state index contributed by atoms with van der Waals surface area (Å²) in [6.07, 6.45) is 3.17. The lowest BCUT2D eigenvalue weighted by Crippen LogP contribution is -2.47. The van der Waals surface area contributed by atoms with E-state index in [1.165, 1.54) is 12.1 Å². The molecule has 6 heteroatoms. The van der Waals surface area contributed by atoms with E-state index >= 15 is 0 Å². The molecule has 126 valence electrons. The molecule has 2 aliphatic rings. The van der Waals surface area contributed by atoms with Crippen LogP contribution in [0.25, 0.3) is 11.1 Å². The van der Waals surface area contributed by atoms with Crippen molar-refractivity contribution in [3.63, 3.8) is 0 Å². The Balaban J connectivity index is 1.45. The van der Waals surface area contributed by atoms with Gasteiger partial charge in [-0.05, 0) is 29.3 Å². The number of piperidine rings is 1. The van der Waals surface area contributed by atoms with Crippen molar-refractivity contribution in [1.82, 2.24) is 9.88 Å². The number of ether oxygens (including phenoxy) is 2. The highest BCUT2D eigenvalue weighted by atomic mass is 19.1. The number of benzene rings is 1. The maximum atomic E-state index is 13.0. The average molecular weight is 330 g/mol. The van der Waals surface area contributed by atoms with Gasteiger partial charge in [0, 0.05) is 32.1 Å². The molecule has 0 unspecified atom stereocenters. The summed E-state index contributed by atoms with van der Waals surface area (Å²) in [6.45, 7) is 2.49. The van der Waals surface area contributed by atoms with Crippen molar-refractivity contribution in [2.45, 2.75) is 18.6 Å². The Hall–Kier alpha value is -2.18. The summed E-state index contributed by atoms with van der Waals surface area (Å²) in [7, 11) is 0. The van der Waals surface area contributed by atoms with Gasteiger partial charge in [0.15, 0.2) is 5.79 Å². The largest absolute Gasteiger partial charge is 0.357 e. The van der Waals surface area contributed by atoms with Crippen LogP contribution in [0.5, 0.6) is 0 Å². The number of likely N-dealkylation sites (tertiary alicyclic amines) is 1. The maximum Gasteiger partial charge on any atom is 0.270 e. The van der Waals surface area contributed by atoms with Crippen molar-refractivity contribution in [2.75, 3.05) is 26.3 Å². The summed E-state index contributed by atoms with van der Waals surface area (Å²) >= 11 is 0. The van der Waals surface area contributed by atoms with E-state index in [0.29, 0.717) is 44.8 Å². The van der Waals surface area contributed by atoms with E-state index in [9.17, 15) is 9.18 Å². The Morgan fingerprint density at radius 1 is 1.08 bits per heavy atom. The minimum atomic E-state index is -0.480. The van der Waals surface area contributed by atoms with E-state index in [-0.39, 0.29) is 11.7 Å². The standard InChI is InChI=1S/C18H19FN2O3/c19-15-3-1-13(2-4-15)14-11-16(20-12-14)17(22)21-7-5-18(6-8-21)23-9-10-24-18/h1-4,11-12,20H,5-10H2. The van der Waals surface area contributed by atoms with Gasteiger partial charge in [0.2, 0.25) is 0 Å². The molecule has 24 heavy (non-hydrogen) atoms. The van der Waals surface area contributed by atoms with Crippen molar-refractivity contribution in [1.29, 1.82) is 0 Å². The highest BCUT2D eigenvalue weighted by Crippen LogP contribution is 2.32. The fraction of sp³-hybridized carbons (Fsp3) is 0.389. The van der Waals surface area contributed by atoms with E-state index < -0.39 is 5.79 Å². The maximum absolute atomic E-state index is 13.0. The third kappa shape index (κ3) is 2.83. The lowest BCUT2D eigenvalue weighted by molar-refractivity contribution is -0.181. The number of hydrogen-bond donors (Lipinski definition) is 1. The number of rotatable bonds is 2. The minimum Gasteiger partial charge on any atom is -0.357 e. The molecule has 0 radical (unpaired) electrons. The SMILES string of the molecule is O=C(c1cc(-c2ccc(F)cc2)c[nH]1)N1CCC2(CC1)OCCO2. The van der Waals surface area contributed by atoms with Crippen LogP contribution in [-0.2, 0) is 9.47 Å². The summed E-state index contributed by atoms with van der Waals surface area (Å²) in [5.74, 6) is -0.786. The van der Waals surface area contributed by atoms with Gasteiger partial charge < -0.3 is 19.4 Å². The molecule has 1 N–H and O–H groups in total. The number of amides is 1. The summed E-state index contributed by atoms with van der Waals surface area (Å²) in [5, 5.41) is 0. The van der Waals surface area contributed by atoms with Crippen LogP contribution in [0.15, 0.2) is 36.5 Å². The number of nitrogens with one attached hydrogen (secondary N) is 1. The zero-order valence-electron chi connectivity index (χ0n) is 13.3. The molecule has 0 aliphatic carbocycles. The van der Waals surface area contributed by atoms with E-state index in [1.54, 1.807) is 18.3 Å². The Morgan fingerprint density at radius 2 is 1.75 bits per heavy atom. The Kier molecular flexibility index (Phi) is 3.86. The first-order valence-corrected chi connectivity index (χ1v) is 8.17. The van der Waals surface area contributed by atoms with Crippen LogP contribution in [0.3, 0.4) is 0 Å². The van der Waals surface area contributed by atoms with Gasteiger partial charge in [-0.15, -0.1) is 0 Å². The van der Waals surface area contributed by atoms with Crippen LogP contribution in [0, 0.1) is 5.82 Å². The van der Waals surface area contributed by atoms with Gasteiger partial charge in [-0.2, -0.15) is 0 Å². The van der Waals surface area contributed by atoms with Gasteiger partial charge in [-0.25, -0.2) is 4.39 Å². The monoisotopic (exact) mass is 330 g/mol. The van der Waals surface area contributed by atoms with Gasteiger partial charge >= 0.3 is 0 Å². The summed E-state index contributed by atoms with van der Waals surface area (Å²) in [6, 6.07) is 8.03. The molecule has 2 fully saturated rings. The Morgan fingerprint density at radius 3 is 2.42 bits per heavy atom. The third-order valence-corrected chi connectivity index (χ3v) is 4.72. The van der Waals surface area contributed by atoms with Crippen LogP contribution in [0.1, 0.15) is 23.3 Å². The molecule has 5 nitrogen and oxygen atoms in total. The number of hydrogen-bond acceptors (Lipinski definition) is 3. The van der Waals surface area contributed by atoms with Crippen molar-refractivity contribution in [3.05, 3.63) is 48.0 Å². The molecule has 0 atom stereocenters. The number of aromatic amines is 1. The van der Waals surface area contributed by atoms with E-state index in [0.717, 1.165) is 11.1 Å². The lowest BCUT2D eigenvalue weighted by atomic mass is 10.0. The predicted molar refractivity (Wildman–Crippen MR) is 86.0 cm³/mol. The molecule has 1 spiro atoms. The van der Waals surface area contributed by atoms with Gasteiger partial charge in [-0.3, -0.25) is 4.79 Å². The van der Waals surface area contributed by atoms with E-state index in [4.69, 9.17) is 9.47 Å². The third-order valence-electron chi connectivity index (χ3n) is 4.72. The van der Waals surface area contributed by atoms with Crippen LogP contribution in [-0.4, -0.2) is 47.9 Å². The topological polar surface area (TPSA) is 54.6 Å². The molecule has 0 bridgehead atoms. The number of nitrogens with zero attached hydrogens (tertiary/aromatic N) is 1. The number of halogens is 1. The highest BCUT2D eigenvalue weighted by molar-refractivity contribution is 5.94.